The van der Waals surface area contributed by atoms with Crippen LogP contribution in [0.4, 0.5) is 0 Å². The van der Waals surface area contributed by atoms with Gasteiger partial charge < -0.3 is 4.74 Å². The van der Waals surface area contributed by atoms with Gasteiger partial charge in [-0.25, -0.2) is 0 Å². The van der Waals surface area contributed by atoms with E-state index >= 15 is 0 Å². The van der Waals surface area contributed by atoms with Crippen molar-refractivity contribution in [3.05, 3.63) is 47.3 Å². The third-order valence-corrected chi connectivity index (χ3v) is 3.52. The summed E-state index contributed by atoms with van der Waals surface area (Å²) >= 11 is 0. The van der Waals surface area contributed by atoms with Crippen LogP contribution in [0.3, 0.4) is 0 Å². The van der Waals surface area contributed by atoms with Gasteiger partial charge in [0.15, 0.2) is 12.3 Å². The van der Waals surface area contributed by atoms with Crippen molar-refractivity contribution in [3.8, 4) is 5.75 Å². The van der Waals surface area contributed by atoms with Gasteiger partial charge in [0.25, 0.3) is 11.8 Å². The first-order valence-electron chi connectivity index (χ1n) is 7.46. The maximum atomic E-state index is 11.9. The van der Waals surface area contributed by atoms with E-state index in [0.717, 1.165) is 24.1 Å². The molecule has 7 heteroatoms. The number of carbonyl (C=O) groups is 2. The van der Waals surface area contributed by atoms with E-state index in [-0.39, 0.29) is 12.3 Å². The van der Waals surface area contributed by atoms with Gasteiger partial charge in [-0.05, 0) is 43.5 Å². The van der Waals surface area contributed by atoms with Crippen LogP contribution in [-0.4, -0.2) is 28.6 Å². The number of H-pyrrole nitrogens is 1. The number of amides is 2. The van der Waals surface area contributed by atoms with Gasteiger partial charge in [0.2, 0.25) is 0 Å². The van der Waals surface area contributed by atoms with E-state index in [1.807, 2.05) is 25.1 Å². The number of ether oxygens (including phenoxy) is 1. The maximum absolute atomic E-state index is 11.9. The molecule has 3 rings (SSSR count). The summed E-state index contributed by atoms with van der Waals surface area (Å²) in [6.07, 6.45) is 2.24. The zero-order chi connectivity index (χ0) is 16.2. The molecule has 1 aliphatic carbocycles. The summed E-state index contributed by atoms with van der Waals surface area (Å²) < 4.78 is 5.35. The number of nitrogens with zero attached hydrogens (tertiary/aromatic N) is 1. The Labute approximate surface area is 133 Å². The second-order valence-corrected chi connectivity index (χ2v) is 5.59. The molecule has 1 fully saturated rings. The smallest absolute Gasteiger partial charge is 0.290 e. The average molecular weight is 314 g/mol. The highest BCUT2D eigenvalue weighted by Gasteiger charge is 2.26. The minimum Gasteiger partial charge on any atom is -0.484 e. The molecule has 2 aromatic rings. The van der Waals surface area contributed by atoms with Crippen molar-refractivity contribution >= 4 is 11.8 Å². The van der Waals surface area contributed by atoms with Crippen LogP contribution in [0.2, 0.25) is 0 Å². The molecule has 0 atom stereocenters. The van der Waals surface area contributed by atoms with Crippen molar-refractivity contribution in [1.82, 2.24) is 21.0 Å². The normalized spacial score (nSPS) is 13.4. The Morgan fingerprint density at radius 1 is 1.30 bits per heavy atom. The second kappa shape index (κ2) is 6.51. The van der Waals surface area contributed by atoms with E-state index in [1.54, 1.807) is 12.1 Å². The summed E-state index contributed by atoms with van der Waals surface area (Å²) in [7, 11) is 0. The van der Waals surface area contributed by atoms with Gasteiger partial charge in [0, 0.05) is 11.6 Å². The molecule has 0 unspecified atom stereocenters. The van der Waals surface area contributed by atoms with Crippen LogP contribution in [0.5, 0.6) is 5.75 Å². The third kappa shape index (κ3) is 4.09. The Kier molecular flexibility index (Phi) is 4.27. The lowest BCUT2D eigenvalue weighted by atomic mass is 10.2. The van der Waals surface area contributed by atoms with Gasteiger partial charge in [-0.2, -0.15) is 5.10 Å². The molecule has 1 aliphatic rings. The lowest BCUT2D eigenvalue weighted by Gasteiger charge is -2.08. The topological polar surface area (TPSA) is 96.1 Å². The van der Waals surface area contributed by atoms with Crippen LogP contribution < -0.4 is 15.6 Å². The molecule has 1 heterocycles. The number of hydrazine groups is 1. The van der Waals surface area contributed by atoms with Gasteiger partial charge in [-0.3, -0.25) is 25.5 Å². The number of hydrogen-bond acceptors (Lipinski definition) is 4. The molecule has 0 bridgehead atoms. The molecule has 0 radical (unpaired) electrons. The molecule has 23 heavy (non-hydrogen) atoms. The van der Waals surface area contributed by atoms with E-state index in [4.69, 9.17) is 4.74 Å². The molecule has 0 spiro atoms. The van der Waals surface area contributed by atoms with E-state index in [2.05, 4.69) is 21.0 Å². The van der Waals surface area contributed by atoms with Crippen LogP contribution >= 0.6 is 0 Å². The summed E-state index contributed by atoms with van der Waals surface area (Å²) in [5.74, 6) is 0.184. The predicted octanol–water partition coefficient (Wildman–Crippen LogP) is 1.44. The number of hydrogen-bond donors (Lipinski definition) is 3. The van der Waals surface area contributed by atoms with Crippen LogP contribution in [0.15, 0.2) is 30.3 Å². The summed E-state index contributed by atoms with van der Waals surface area (Å²) in [4.78, 5) is 23.6. The van der Waals surface area contributed by atoms with Crippen LogP contribution in [-0.2, 0) is 4.79 Å². The van der Waals surface area contributed by atoms with E-state index in [1.165, 1.54) is 0 Å². The molecule has 120 valence electrons. The van der Waals surface area contributed by atoms with Gasteiger partial charge in [-0.15, -0.1) is 0 Å². The molecule has 7 nitrogen and oxygen atoms in total. The summed E-state index contributed by atoms with van der Waals surface area (Å²) in [5.41, 5.74) is 6.88. The zero-order valence-electron chi connectivity index (χ0n) is 12.8. The van der Waals surface area contributed by atoms with Crippen molar-refractivity contribution in [1.29, 1.82) is 0 Å². The molecule has 0 aliphatic heterocycles. The van der Waals surface area contributed by atoms with Gasteiger partial charge in [0.05, 0.1) is 0 Å². The summed E-state index contributed by atoms with van der Waals surface area (Å²) in [5, 5.41) is 6.78. The van der Waals surface area contributed by atoms with Crippen LogP contribution in [0, 0.1) is 6.92 Å². The lowest BCUT2D eigenvalue weighted by Crippen LogP contribution is -2.44. The first kappa shape index (κ1) is 15.1. The molecule has 1 aromatic carbocycles. The largest absolute Gasteiger partial charge is 0.484 e. The van der Waals surface area contributed by atoms with Gasteiger partial charge in [0.1, 0.15) is 5.75 Å². The highest BCUT2D eigenvalue weighted by Crippen LogP contribution is 2.38. The highest BCUT2D eigenvalue weighted by atomic mass is 16.5. The van der Waals surface area contributed by atoms with Gasteiger partial charge >= 0.3 is 0 Å². The summed E-state index contributed by atoms with van der Waals surface area (Å²) in [6, 6.07) is 9.09. The predicted molar refractivity (Wildman–Crippen MR) is 82.8 cm³/mol. The molecule has 2 amide bonds. The number of aromatic nitrogens is 2. The van der Waals surface area contributed by atoms with Crippen molar-refractivity contribution in [2.45, 2.75) is 25.7 Å². The Hall–Kier alpha value is -2.83. The van der Waals surface area contributed by atoms with Crippen molar-refractivity contribution in [2.24, 2.45) is 0 Å². The number of nitrogens with one attached hydrogen (secondary N) is 3. The Bertz CT molecular complexity index is 722. The van der Waals surface area contributed by atoms with E-state index in [0.29, 0.717) is 11.7 Å². The minimum absolute atomic E-state index is 0.183. The number of rotatable bonds is 5. The van der Waals surface area contributed by atoms with Gasteiger partial charge in [-0.1, -0.05) is 12.1 Å². The number of benzene rings is 1. The number of aryl methyl sites for hydroxylation is 1. The Morgan fingerprint density at radius 3 is 2.87 bits per heavy atom. The fraction of sp³-hybridized carbons (Fsp3) is 0.312. The average Bonchev–Trinajstić information content (AvgIpc) is 3.28. The minimum atomic E-state index is -0.461. The quantitative estimate of drug-likeness (QED) is 0.728. The second-order valence-electron chi connectivity index (χ2n) is 5.59. The van der Waals surface area contributed by atoms with Crippen molar-refractivity contribution < 1.29 is 14.3 Å². The van der Waals surface area contributed by atoms with Crippen LogP contribution in [0.25, 0.3) is 0 Å². The standard InChI is InChI=1S/C16H18N4O3/c1-10-3-2-4-12(7-10)23-9-15(21)19-20-16(22)14-8-13(17-18-14)11-5-6-11/h2-4,7-8,11H,5-6,9H2,1H3,(H,17,18)(H,19,21)(H,20,22). The molecule has 0 saturated heterocycles. The third-order valence-electron chi connectivity index (χ3n) is 3.52. The van der Waals surface area contributed by atoms with Crippen molar-refractivity contribution in [2.75, 3.05) is 6.61 Å². The molecular weight excluding hydrogens is 296 g/mol. The van der Waals surface area contributed by atoms with Crippen molar-refractivity contribution in [3.63, 3.8) is 0 Å². The van der Waals surface area contributed by atoms with E-state index < -0.39 is 11.8 Å². The summed E-state index contributed by atoms with van der Waals surface area (Å²) in [6.45, 7) is 1.75. The highest BCUT2D eigenvalue weighted by molar-refractivity contribution is 5.93. The zero-order valence-corrected chi connectivity index (χ0v) is 12.8. The number of aromatic amines is 1. The lowest BCUT2D eigenvalue weighted by molar-refractivity contribution is -0.123. The maximum Gasteiger partial charge on any atom is 0.290 e. The number of carbonyl (C=O) groups excluding carboxylic acids is 2. The first-order valence-corrected chi connectivity index (χ1v) is 7.46. The molecule has 1 aromatic heterocycles. The fourth-order valence-electron chi connectivity index (χ4n) is 2.14. The Morgan fingerprint density at radius 2 is 2.13 bits per heavy atom. The molecule has 3 N–H and O–H groups in total. The first-order chi connectivity index (χ1) is 11.1. The SMILES string of the molecule is Cc1cccc(OCC(=O)NNC(=O)c2cc(C3CC3)[nH]n2)c1. The van der Waals surface area contributed by atoms with Crippen LogP contribution in [0.1, 0.15) is 40.5 Å². The monoisotopic (exact) mass is 314 g/mol. The fourth-order valence-corrected chi connectivity index (χ4v) is 2.14. The Balaban J connectivity index is 1.43. The van der Waals surface area contributed by atoms with E-state index in [9.17, 15) is 9.59 Å². The molecular formula is C16H18N4O3. The molecule has 1 saturated carbocycles.